The van der Waals surface area contributed by atoms with Crippen LogP contribution in [0.5, 0.6) is 0 Å². The lowest BCUT2D eigenvalue weighted by Gasteiger charge is -2.33. The molecule has 2 rings (SSSR count). The normalized spacial score (nSPS) is 25.9. The molecule has 0 bridgehead atoms. The molecule has 2 N–H and O–H groups in total. The fourth-order valence-electron chi connectivity index (χ4n) is 2.76. The first kappa shape index (κ1) is 13.3. The van der Waals surface area contributed by atoms with Gasteiger partial charge in [-0.05, 0) is 45.2 Å². The van der Waals surface area contributed by atoms with Crippen molar-refractivity contribution in [3.63, 3.8) is 0 Å². The van der Waals surface area contributed by atoms with Crippen LogP contribution in [0.25, 0.3) is 0 Å². The second kappa shape index (κ2) is 6.18. The molecule has 2 amide bonds. The van der Waals surface area contributed by atoms with E-state index < -0.39 is 0 Å². The van der Waals surface area contributed by atoms with Crippen LogP contribution < -0.4 is 10.6 Å². The predicted molar refractivity (Wildman–Crippen MR) is 69.0 cm³/mol. The Morgan fingerprint density at radius 3 is 2.78 bits per heavy atom. The van der Waals surface area contributed by atoms with E-state index in [1.807, 2.05) is 0 Å². The zero-order chi connectivity index (χ0) is 13.0. The molecule has 0 aromatic carbocycles. The Labute approximate surface area is 108 Å². The first-order valence-electron chi connectivity index (χ1n) is 6.96. The third-order valence-corrected chi connectivity index (χ3v) is 4.04. The van der Waals surface area contributed by atoms with Crippen LogP contribution in [0.4, 0.5) is 0 Å². The molecule has 0 spiro atoms. The van der Waals surface area contributed by atoms with E-state index in [-0.39, 0.29) is 17.9 Å². The number of nitrogens with one attached hydrogen (secondary N) is 2. The van der Waals surface area contributed by atoms with Crippen molar-refractivity contribution in [2.75, 3.05) is 26.2 Å². The van der Waals surface area contributed by atoms with Crippen LogP contribution in [0.3, 0.4) is 0 Å². The zero-order valence-electron chi connectivity index (χ0n) is 11.1. The van der Waals surface area contributed by atoms with E-state index in [2.05, 4.69) is 10.6 Å². The molecule has 5 nitrogen and oxygen atoms in total. The maximum atomic E-state index is 12.1. The highest BCUT2D eigenvalue weighted by atomic mass is 16.2. The van der Waals surface area contributed by atoms with Crippen molar-refractivity contribution < 1.29 is 9.59 Å². The number of carbonyl (C=O) groups excluding carboxylic acids is 2. The number of carbonyl (C=O) groups is 2. The monoisotopic (exact) mass is 253 g/mol. The largest absolute Gasteiger partial charge is 0.353 e. The van der Waals surface area contributed by atoms with E-state index in [1.165, 1.54) is 12.8 Å². The minimum atomic E-state index is -0.306. The van der Waals surface area contributed by atoms with Crippen LogP contribution in [0.1, 0.15) is 32.6 Å². The molecular formula is C13H23N3O2. The van der Waals surface area contributed by atoms with E-state index in [4.69, 9.17) is 0 Å². The smallest absolute Gasteiger partial charge is 0.242 e. The molecule has 1 atom stereocenters. The van der Waals surface area contributed by atoms with Gasteiger partial charge >= 0.3 is 0 Å². The van der Waals surface area contributed by atoms with E-state index in [1.54, 1.807) is 11.8 Å². The lowest BCUT2D eigenvalue weighted by Crippen LogP contribution is -2.55. The molecule has 0 aliphatic carbocycles. The Kier molecular flexibility index (Phi) is 4.58. The van der Waals surface area contributed by atoms with Crippen molar-refractivity contribution in [3.05, 3.63) is 0 Å². The summed E-state index contributed by atoms with van der Waals surface area (Å²) in [7, 11) is 0. The van der Waals surface area contributed by atoms with Crippen molar-refractivity contribution >= 4 is 11.8 Å². The Morgan fingerprint density at radius 2 is 2.06 bits per heavy atom. The number of piperazine rings is 1. The Balaban J connectivity index is 1.78. The molecule has 0 radical (unpaired) electrons. The molecule has 18 heavy (non-hydrogen) atoms. The third-order valence-electron chi connectivity index (χ3n) is 4.04. The molecule has 2 heterocycles. The van der Waals surface area contributed by atoms with Crippen LogP contribution in [0, 0.1) is 5.92 Å². The summed E-state index contributed by atoms with van der Waals surface area (Å²) in [5, 5.41) is 6.11. The van der Waals surface area contributed by atoms with Gasteiger partial charge in [0.05, 0.1) is 0 Å². The Hall–Kier alpha value is -1.10. The highest BCUT2D eigenvalue weighted by Crippen LogP contribution is 2.19. The highest BCUT2D eigenvalue weighted by Gasteiger charge is 2.29. The summed E-state index contributed by atoms with van der Waals surface area (Å²) in [5.74, 6) is 0.775. The molecule has 0 aromatic rings. The SMILES string of the molecule is CC1C(=O)NCCN1C(=O)CCC1CCNCC1. The minimum absolute atomic E-state index is 0.0310. The number of nitrogens with zero attached hydrogens (tertiary/aromatic N) is 1. The van der Waals surface area contributed by atoms with Gasteiger partial charge in [-0.3, -0.25) is 9.59 Å². The van der Waals surface area contributed by atoms with Gasteiger partial charge in [-0.15, -0.1) is 0 Å². The summed E-state index contributed by atoms with van der Waals surface area (Å²) in [6.45, 7) is 5.18. The minimum Gasteiger partial charge on any atom is -0.353 e. The van der Waals surface area contributed by atoms with Crippen molar-refractivity contribution in [1.29, 1.82) is 0 Å². The van der Waals surface area contributed by atoms with E-state index in [9.17, 15) is 9.59 Å². The number of hydrogen-bond acceptors (Lipinski definition) is 3. The fraction of sp³-hybridized carbons (Fsp3) is 0.846. The van der Waals surface area contributed by atoms with Crippen LogP contribution >= 0.6 is 0 Å². The molecule has 0 aromatic heterocycles. The van der Waals surface area contributed by atoms with Gasteiger partial charge in [0, 0.05) is 19.5 Å². The van der Waals surface area contributed by atoms with Crippen molar-refractivity contribution in [3.8, 4) is 0 Å². The molecule has 2 aliphatic heterocycles. The molecule has 5 heteroatoms. The first-order valence-corrected chi connectivity index (χ1v) is 6.96. The average Bonchev–Trinajstić information content (AvgIpc) is 2.40. The van der Waals surface area contributed by atoms with Crippen LogP contribution in [-0.4, -0.2) is 48.9 Å². The molecule has 2 fully saturated rings. The molecule has 0 saturated carbocycles. The van der Waals surface area contributed by atoms with Gasteiger partial charge in [0.2, 0.25) is 11.8 Å². The van der Waals surface area contributed by atoms with Crippen LogP contribution in [0.2, 0.25) is 0 Å². The fourth-order valence-corrected chi connectivity index (χ4v) is 2.76. The standard InChI is InChI=1S/C13H23N3O2/c1-10-13(18)15-8-9-16(10)12(17)3-2-11-4-6-14-7-5-11/h10-11,14H,2-9H2,1H3,(H,15,18). The molecular weight excluding hydrogens is 230 g/mol. The average molecular weight is 253 g/mol. The van der Waals surface area contributed by atoms with Crippen molar-refractivity contribution in [2.24, 2.45) is 5.92 Å². The maximum Gasteiger partial charge on any atom is 0.242 e. The molecule has 2 saturated heterocycles. The summed E-state index contributed by atoms with van der Waals surface area (Å²) in [4.78, 5) is 25.4. The summed E-state index contributed by atoms with van der Waals surface area (Å²) < 4.78 is 0. The summed E-state index contributed by atoms with van der Waals surface area (Å²) in [6.07, 6.45) is 3.89. The number of amides is 2. The van der Waals surface area contributed by atoms with Gasteiger partial charge < -0.3 is 15.5 Å². The summed E-state index contributed by atoms with van der Waals surface area (Å²) in [5.41, 5.74) is 0. The van der Waals surface area contributed by atoms with Gasteiger partial charge in [-0.25, -0.2) is 0 Å². The number of piperidine rings is 1. The lowest BCUT2D eigenvalue weighted by atomic mass is 9.93. The highest BCUT2D eigenvalue weighted by molar-refractivity contribution is 5.88. The number of rotatable bonds is 3. The molecule has 2 aliphatic rings. The third kappa shape index (κ3) is 3.22. The summed E-state index contributed by atoms with van der Waals surface area (Å²) in [6, 6.07) is -0.306. The maximum absolute atomic E-state index is 12.1. The molecule has 1 unspecified atom stereocenters. The number of hydrogen-bond donors (Lipinski definition) is 2. The first-order chi connectivity index (χ1) is 8.68. The quantitative estimate of drug-likeness (QED) is 0.750. The summed E-state index contributed by atoms with van der Waals surface area (Å²) >= 11 is 0. The molecule has 102 valence electrons. The van der Waals surface area contributed by atoms with Gasteiger partial charge in [0.1, 0.15) is 6.04 Å². The van der Waals surface area contributed by atoms with E-state index in [0.717, 1.165) is 19.5 Å². The van der Waals surface area contributed by atoms with Crippen LogP contribution in [0.15, 0.2) is 0 Å². The van der Waals surface area contributed by atoms with Crippen LogP contribution in [-0.2, 0) is 9.59 Å². The second-order valence-corrected chi connectivity index (χ2v) is 5.29. The van der Waals surface area contributed by atoms with Gasteiger partial charge in [-0.2, -0.15) is 0 Å². The van der Waals surface area contributed by atoms with E-state index in [0.29, 0.717) is 25.4 Å². The van der Waals surface area contributed by atoms with Gasteiger partial charge in [0.25, 0.3) is 0 Å². The van der Waals surface area contributed by atoms with Crippen molar-refractivity contribution in [2.45, 2.75) is 38.6 Å². The lowest BCUT2D eigenvalue weighted by molar-refractivity contribution is -0.142. The van der Waals surface area contributed by atoms with Crippen molar-refractivity contribution in [1.82, 2.24) is 15.5 Å². The van der Waals surface area contributed by atoms with E-state index >= 15 is 0 Å². The topological polar surface area (TPSA) is 61.4 Å². The second-order valence-electron chi connectivity index (χ2n) is 5.29. The Morgan fingerprint density at radius 1 is 1.33 bits per heavy atom. The zero-order valence-corrected chi connectivity index (χ0v) is 11.1. The Bertz CT molecular complexity index is 313. The van der Waals surface area contributed by atoms with Gasteiger partial charge in [-0.1, -0.05) is 0 Å². The van der Waals surface area contributed by atoms with Gasteiger partial charge in [0.15, 0.2) is 0 Å². The predicted octanol–water partition coefficient (Wildman–Crippen LogP) is 0.113.